The second kappa shape index (κ2) is 6.90. The second-order valence-corrected chi connectivity index (χ2v) is 5.78. The van der Waals surface area contributed by atoms with Crippen molar-refractivity contribution in [3.63, 3.8) is 0 Å². The number of hydrogen-bond donors (Lipinski definition) is 2. The molecule has 0 heterocycles. The Labute approximate surface area is 117 Å². The number of rotatable bonds is 6. The molecule has 0 radical (unpaired) electrons. The van der Waals surface area contributed by atoms with Gasteiger partial charge in [-0.2, -0.15) is 0 Å². The largest absolute Gasteiger partial charge is 0.469 e. The topological polar surface area (TPSA) is 102 Å². The van der Waals surface area contributed by atoms with Crippen molar-refractivity contribution in [1.82, 2.24) is 5.32 Å². The summed E-state index contributed by atoms with van der Waals surface area (Å²) in [6, 6.07) is 5.94. The molecule has 8 heteroatoms. The number of esters is 1. The van der Waals surface area contributed by atoms with Gasteiger partial charge in [0.15, 0.2) is 0 Å². The van der Waals surface area contributed by atoms with Gasteiger partial charge in [0.05, 0.1) is 19.8 Å². The smallest absolute Gasteiger partial charge is 0.307 e. The molecule has 0 aliphatic heterocycles. The predicted molar refractivity (Wildman–Crippen MR) is 73.9 cm³/mol. The molecular weight excluding hydrogens is 284 g/mol. The van der Waals surface area contributed by atoms with E-state index >= 15 is 0 Å². The lowest BCUT2D eigenvalue weighted by molar-refractivity contribution is -0.140. The fraction of sp³-hybridized carbons (Fsp3) is 0.333. The van der Waals surface area contributed by atoms with E-state index in [-0.39, 0.29) is 18.9 Å². The van der Waals surface area contributed by atoms with Crippen molar-refractivity contribution < 1.29 is 22.7 Å². The van der Waals surface area contributed by atoms with Crippen molar-refractivity contribution in [3.05, 3.63) is 29.8 Å². The third kappa shape index (κ3) is 5.70. The molecule has 1 rings (SSSR count). The Morgan fingerprint density at radius 1 is 1.20 bits per heavy atom. The van der Waals surface area contributed by atoms with Crippen LogP contribution in [-0.2, 0) is 19.6 Å². The number of anilines is 1. The minimum absolute atomic E-state index is 0.0932. The Balaban J connectivity index is 2.55. The summed E-state index contributed by atoms with van der Waals surface area (Å²) in [7, 11) is -2.06. The van der Waals surface area contributed by atoms with Crippen molar-refractivity contribution in [1.29, 1.82) is 0 Å². The van der Waals surface area contributed by atoms with Crippen LogP contribution in [0.2, 0.25) is 0 Å². The van der Waals surface area contributed by atoms with E-state index in [9.17, 15) is 18.0 Å². The molecular formula is C12H16N2O5S. The highest BCUT2D eigenvalue weighted by Crippen LogP contribution is 2.10. The van der Waals surface area contributed by atoms with Crippen LogP contribution in [0.4, 0.5) is 5.69 Å². The summed E-state index contributed by atoms with van der Waals surface area (Å²) in [6.07, 6.45) is 1.14. The lowest BCUT2D eigenvalue weighted by Crippen LogP contribution is -2.26. The van der Waals surface area contributed by atoms with Gasteiger partial charge in [-0.15, -0.1) is 0 Å². The molecule has 1 amide bonds. The third-order valence-electron chi connectivity index (χ3n) is 2.29. The van der Waals surface area contributed by atoms with Gasteiger partial charge in [0, 0.05) is 17.8 Å². The summed E-state index contributed by atoms with van der Waals surface area (Å²) in [5.74, 6) is -0.752. The maximum atomic E-state index is 11.7. The van der Waals surface area contributed by atoms with Gasteiger partial charge in [-0.1, -0.05) is 0 Å². The Hall–Kier alpha value is -2.09. The highest BCUT2D eigenvalue weighted by atomic mass is 32.2. The first-order valence-corrected chi connectivity index (χ1v) is 7.64. The summed E-state index contributed by atoms with van der Waals surface area (Å²) in [5.41, 5.74) is 0.743. The molecule has 0 aliphatic carbocycles. The number of amides is 1. The lowest BCUT2D eigenvalue weighted by atomic mass is 10.2. The average molecular weight is 300 g/mol. The van der Waals surface area contributed by atoms with Gasteiger partial charge in [0.1, 0.15) is 0 Å². The predicted octanol–water partition coefficient (Wildman–Crippen LogP) is 0.351. The molecule has 0 bridgehead atoms. The summed E-state index contributed by atoms with van der Waals surface area (Å²) < 4.78 is 28.8. The van der Waals surface area contributed by atoms with E-state index in [4.69, 9.17) is 0 Å². The van der Waals surface area contributed by atoms with Crippen molar-refractivity contribution >= 4 is 27.6 Å². The molecule has 0 aromatic heterocycles. The van der Waals surface area contributed by atoms with Crippen LogP contribution in [0.5, 0.6) is 0 Å². The monoisotopic (exact) mass is 300 g/mol. The summed E-state index contributed by atoms with van der Waals surface area (Å²) >= 11 is 0. The quantitative estimate of drug-likeness (QED) is 0.738. The van der Waals surface area contributed by atoms with Gasteiger partial charge in [-0.05, 0) is 24.3 Å². The first kappa shape index (κ1) is 16.0. The van der Waals surface area contributed by atoms with Crippen LogP contribution in [0.15, 0.2) is 24.3 Å². The number of carbonyl (C=O) groups is 2. The van der Waals surface area contributed by atoms with Gasteiger partial charge < -0.3 is 10.1 Å². The van der Waals surface area contributed by atoms with Crippen LogP contribution < -0.4 is 10.0 Å². The molecule has 0 unspecified atom stereocenters. The lowest BCUT2D eigenvalue weighted by Gasteiger charge is -2.06. The highest BCUT2D eigenvalue weighted by Gasteiger charge is 2.07. The zero-order valence-electron chi connectivity index (χ0n) is 11.2. The van der Waals surface area contributed by atoms with Crippen LogP contribution in [0, 0.1) is 0 Å². The second-order valence-electron chi connectivity index (χ2n) is 4.03. The van der Waals surface area contributed by atoms with Gasteiger partial charge in [0.2, 0.25) is 10.0 Å². The minimum Gasteiger partial charge on any atom is -0.469 e. The average Bonchev–Trinajstić information content (AvgIpc) is 2.37. The molecule has 110 valence electrons. The third-order valence-corrected chi connectivity index (χ3v) is 2.90. The zero-order valence-corrected chi connectivity index (χ0v) is 12.0. The van der Waals surface area contributed by atoms with Crippen LogP contribution in [0.1, 0.15) is 16.8 Å². The van der Waals surface area contributed by atoms with Crippen molar-refractivity contribution in [2.75, 3.05) is 24.6 Å². The molecule has 2 N–H and O–H groups in total. The SMILES string of the molecule is COC(=O)CCNC(=O)c1ccc(NS(C)(=O)=O)cc1. The molecule has 7 nitrogen and oxygen atoms in total. The maximum absolute atomic E-state index is 11.7. The van der Waals surface area contributed by atoms with Gasteiger partial charge in [0.25, 0.3) is 5.91 Å². The van der Waals surface area contributed by atoms with E-state index in [1.54, 1.807) is 0 Å². The number of sulfonamides is 1. The fourth-order valence-electron chi connectivity index (χ4n) is 1.39. The molecule has 20 heavy (non-hydrogen) atoms. The Kier molecular flexibility index (Phi) is 5.51. The fourth-order valence-corrected chi connectivity index (χ4v) is 1.95. The van der Waals surface area contributed by atoms with E-state index in [0.717, 1.165) is 6.26 Å². The molecule has 1 aromatic rings. The van der Waals surface area contributed by atoms with Crippen LogP contribution in [0.25, 0.3) is 0 Å². The summed E-state index contributed by atoms with van der Waals surface area (Å²) in [6.45, 7) is 0.175. The highest BCUT2D eigenvalue weighted by molar-refractivity contribution is 7.92. The van der Waals surface area contributed by atoms with Crippen LogP contribution in [-0.4, -0.2) is 40.2 Å². The molecule has 0 atom stereocenters. The Bertz CT molecular complexity index is 580. The zero-order chi connectivity index (χ0) is 15.2. The number of hydrogen-bond acceptors (Lipinski definition) is 5. The van der Waals surface area contributed by atoms with Crippen molar-refractivity contribution in [2.45, 2.75) is 6.42 Å². The molecule has 0 saturated carbocycles. The summed E-state index contributed by atoms with van der Waals surface area (Å²) in [5, 5.41) is 2.55. The van der Waals surface area contributed by atoms with E-state index in [1.165, 1.54) is 31.4 Å². The van der Waals surface area contributed by atoms with Crippen molar-refractivity contribution in [3.8, 4) is 0 Å². The van der Waals surface area contributed by atoms with E-state index < -0.39 is 16.0 Å². The van der Waals surface area contributed by atoms with E-state index in [2.05, 4.69) is 14.8 Å². The standard InChI is InChI=1S/C12H16N2O5S/c1-19-11(15)7-8-13-12(16)9-3-5-10(6-4-9)14-20(2,17)18/h3-6,14H,7-8H2,1-2H3,(H,13,16). The molecule has 1 aromatic carbocycles. The first-order valence-electron chi connectivity index (χ1n) is 5.74. The minimum atomic E-state index is -3.34. The van der Waals surface area contributed by atoms with Gasteiger partial charge in [-0.25, -0.2) is 8.42 Å². The van der Waals surface area contributed by atoms with E-state index in [1.807, 2.05) is 0 Å². The number of ether oxygens (including phenoxy) is 1. The number of methoxy groups -OCH3 is 1. The Morgan fingerprint density at radius 3 is 2.30 bits per heavy atom. The van der Waals surface area contributed by atoms with E-state index in [0.29, 0.717) is 11.3 Å². The molecule has 0 aliphatic rings. The van der Waals surface area contributed by atoms with Crippen LogP contribution >= 0.6 is 0 Å². The Morgan fingerprint density at radius 2 is 1.80 bits per heavy atom. The van der Waals surface area contributed by atoms with Gasteiger partial charge >= 0.3 is 5.97 Å². The van der Waals surface area contributed by atoms with Crippen LogP contribution in [0.3, 0.4) is 0 Å². The van der Waals surface area contributed by atoms with Gasteiger partial charge in [-0.3, -0.25) is 14.3 Å². The first-order chi connectivity index (χ1) is 9.31. The number of nitrogens with one attached hydrogen (secondary N) is 2. The number of benzene rings is 1. The molecule has 0 spiro atoms. The summed E-state index contributed by atoms with van der Waals surface area (Å²) in [4.78, 5) is 22.6. The normalized spacial score (nSPS) is 10.7. The molecule has 0 fully saturated rings. The number of carbonyl (C=O) groups excluding carboxylic acids is 2. The molecule has 0 saturated heterocycles. The maximum Gasteiger partial charge on any atom is 0.307 e. The van der Waals surface area contributed by atoms with Crippen molar-refractivity contribution in [2.24, 2.45) is 0 Å².